The van der Waals surface area contributed by atoms with Gasteiger partial charge in [-0.2, -0.15) is 0 Å². The summed E-state index contributed by atoms with van der Waals surface area (Å²) in [4.78, 5) is 4.99. The van der Waals surface area contributed by atoms with Gasteiger partial charge in [0.1, 0.15) is 5.75 Å². The Labute approximate surface area is 475 Å². The molecule has 80 heavy (non-hydrogen) atoms. The summed E-state index contributed by atoms with van der Waals surface area (Å²) in [6.45, 7) is 18.5. The van der Waals surface area contributed by atoms with E-state index in [0.717, 1.165) is 68.5 Å². The van der Waals surface area contributed by atoms with Crippen molar-refractivity contribution in [1.29, 1.82) is 0 Å². The molecule has 0 spiro atoms. The number of rotatable bonds is 17. The second kappa shape index (κ2) is 22.2. The molecule has 2 atom stereocenters. The molecular formula is C77H74N2O. The minimum absolute atomic E-state index is 0.197. The van der Waals surface area contributed by atoms with Gasteiger partial charge in [0.05, 0.1) is 11.4 Å². The lowest BCUT2D eigenvalue weighted by molar-refractivity contribution is 0.474. The largest absolute Gasteiger partial charge is 0.508 e. The number of fused-ring (bicyclic) bond motifs is 2. The van der Waals surface area contributed by atoms with Crippen LogP contribution in [0.1, 0.15) is 125 Å². The molecule has 0 aliphatic rings. The lowest BCUT2D eigenvalue weighted by Gasteiger charge is -2.34. The zero-order chi connectivity index (χ0) is 55.6. The fourth-order valence-corrected chi connectivity index (χ4v) is 12.3. The molecule has 0 saturated heterocycles. The Kier molecular flexibility index (Phi) is 14.8. The van der Waals surface area contributed by atoms with E-state index in [1.807, 2.05) is 12.1 Å². The Morgan fingerprint density at radius 3 is 0.887 bits per heavy atom. The predicted octanol–water partition coefficient (Wildman–Crippen LogP) is 21.3. The third-order valence-electron chi connectivity index (χ3n) is 17.6. The zero-order valence-electron chi connectivity index (χ0n) is 47.7. The van der Waals surface area contributed by atoms with Crippen molar-refractivity contribution in [3.8, 4) is 5.75 Å². The fraction of sp³-hybridized carbons (Fsp3) is 0.195. The SMILES string of the molecule is CCC(CC(C)c1ccc(N(c2ccc(C(C)(C)c3ccccc3)cc2)c2c3ccccc3c(N(c3ccc(C(C)(C)c4ccccc4)cc3)c3ccc(C(C)(C)c4ccccc4)cc3)c3ccccc23)cc1)c1ccc(O)cc1. The molecule has 0 aliphatic heterocycles. The molecule has 2 unspecified atom stereocenters. The summed E-state index contributed by atoms with van der Waals surface area (Å²) in [6, 6.07) is 95.6. The topological polar surface area (TPSA) is 26.7 Å². The molecule has 0 radical (unpaired) electrons. The normalized spacial score (nSPS) is 12.8. The number of anilines is 6. The van der Waals surface area contributed by atoms with E-state index in [2.05, 4.69) is 314 Å². The lowest BCUT2D eigenvalue weighted by Crippen LogP contribution is -2.20. The molecule has 0 aromatic heterocycles. The van der Waals surface area contributed by atoms with Crippen LogP contribution in [0.25, 0.3) is 21.5 Å². The van der Waals surface area contributed by atoms with Crippen LogP contribution in [0, 0.1) is 0 Å². The summed E-state index contributed by atoms with van der Waals surface area (Å²) in [7, 11) is 0. The van der Waals surface area contributed by atoms with Gasteiger partial charge in [-0.25, -0.2) is 0 Å². The van der Waals surface area contributed by atoms with Gasteiger partial charge in [0.15, 0.2) is 0 Å². The first kappa shape index (κ1) is 53.3. The fourth-order valence-electron chi connectivity index (χ4n) is 12.3. The average Bonchev–Trinajstić information content (AvgIpc) is 3.57. The maximum atomic E-state index is 10.1. The van der Waals surface area contributed by atoms with Gasteiger partial charge in [0.25, 0.3) is 0 Å². The number of hydrogen-bond acceptors (Lipinski definition) is 3. The molecule has 0 fully saturated rings. The second-order valence-electron chi connectivity index (χ2n) is 23.5. The summed E-state index contributed by atoms with van der Waals surface area (Å²) in [5.74, 6) is 1.01. The third kappa shape index (κ3) is 10.3. The molecule has 0 amide bonds. The van der Waals surface area contributed by atoms with Crippen molar-refractivity contribution in [3.05, 3.63) is 305 Å². The molecule has 398 valence electrons. The van der Waals surface area contributed by atoms with Gasteiger partial charge in [0, 0.05) is 60.5 Å². The molecule has 0 bridgehead atoms. The van der Waals surface area contributed by atoms with E-state index in [1.54, 1.807) is 0 Å². The number of aromatic hydroxyl groups is 1. The highest BCUT2D eigenvalue weighted by atomic mass is 16.3. The van der Waals surface area contributed by atoms with Crippen molar-refractivity contribution >= 4 is 55.7 Å². The first-order chi connectivity index (χ1) is 38.7. The quantitative estimate of drug-likeness (QED) is 0.0727. The molecule has 1 N–H and O–H groups in total. The standard InChI is InChI=1S/C77H74N2O/c1-9-55(57-35-51-68(80)52-36-57)53-54(2)56-33-43-64(44-34-56)78(65-45-37-61(38-46-65)75(3,4)58-23-13-10-14-24-58)73-69-29-19-21-31-71(69)74(72-32-22-20-30-70(72)73)79(66-47-39-62(40-48-66)76(5,6)59-25-15-11-16-26-59)67-49-41-63(42-50-67)77(7,8)60-27-17-12-18-28-60/h10-52,54-55,80H,9,53H2,1-8H3. The highest BCUT2D eigenvalue weighted by Gasteiger charge is 2.30. The molecule has 11 aromatic rings. The molecule has 11 aromatic carbocycles. The van der Waals surface area contributed by atoms with Crippen LogP contribution in [0.4, 0.5) is 34.1 Å². The maximum Gasteiger partial charge on any atom is 0.115 e. The van der Waals surface area contributed by atoms with Crippen molar-refractivity contribution < 1.29 is 5.11 Å². The van der Waals surface area contributed by atoms with Crippen LogP contribution in [0.5, 0.6) is 5.75 Å². The predicted molar refractivity (Wildman–Crippen MR) is 341 cm³/mol. The number of benzene rings is 11. The zero-order valence-corrected chi connectivity index (χ0v) is 47.7. The number of phenolic OH excluding ortho intramolecular Hbond substituents is 1. The summed E-state index contributed by atoms with van der Waals surface area (Å²) >= 11 is 0. The van der Waals surface area contributed by atoms with Gasteiger partial charge < -0.3 is 14.9 Å². The molecule has 0 saturated carbocycles. The minimum Gasteiger partial charge on any atom is -0.508 e. The maximum absolute atomic E-state index is 10.1. The monoisotopic (exact) mass is 1040 g/mol. The van der Waals surface area contributed by atoms with Gasteiger partial charge in [-0.3, -0.25) is 0 Å². The first-order valence-electron chi connectivity index (χ1n) is 28.6. The van der Waals surface area contributed by atoms with Crippen LogP contribution in [0.3, 0.4) is 0 Å². The Morgan fingerprint density at radius 2 is 0.588 bits per heavy atom. The van der Waals surface area contributed by atoms with E-state index in [4.69, 9.17) is 0 Å². The van der Waals surface area contributed by atoms with Gasteiger partial charge in [0.2, 0.25) is 0 Å². The third-order valence-corrected chi connectivity index (χ3v) is 17.6. The van der Waals surface area contributed by atoms with Crippen LogP contribution in [-0.2, 0) is 16.2 Å². The minimum atomic E-state index is -0.200. The van der Waals surface area contributed by atoms with Crippen LogP contribution in [0.15, 0.2) is 261 Å². The molecule has 11 rings (SSSR count). The van der Waals surface area contributed by atoms with Crippen molar-refractivity contribution in [3.63, 3.8) is 0 Å². The molecule has 0 heterocycles. The number of phenols is 1. The summed E-state index contributed by atoms with van der Waals surface area (Å²) in [5, 5.41) is 14.7. The van der Waals surface area contributed by atoms with Gasteiger partial charge in [-0.15, -0.1) is 0 Å². The van der Waals surface area contributed by atoms with Crippen molar-refractivity contribution in [1.82, 2.24) is 0 Å². The van der Waals surface area contributed by atoms with Crippen molar-refractivity contribution in [2.24, 2.45) is 0 Å². The summed E-state index contributed by atoms with van der Waals surface area (Å²) in [5.41, 5.74) is 16.2. The summed E-state index contributed by atoms with van der Waals surface area (Å²) in [6.07, 6.45) is 2.04. The Balaban J connectivity index is 1.09. The average molecular weight is 1040 g/mol. The first-order valence-corrected chi connectivity index (χ1v) is 28.6. The molecule has 3 heteroatoms. The van der Waals surface area contributed by atoms with E-state index >= 15 is 0 Å². The van der Waals surface area contributed by atoms with Crippen LogP contribution in [0.2, 0.25) is 0 Å². The van der Waals surface area contributed by atoms with Crippen molar-refractivity contribution in [2.45, 2.75) is 96.3 Å². The van der Waals surface area contributed by atoms with E-state index in [-0.39, 0.29) is 16.2 Å². The second-order valence-corrected chi connectivity index (χ2v) is 23.5. The van der Waals surface area contributed by atoms with Crippen LogP contribution in [-0.4, -0.2) is 5.11 Å². The molecule has 3 nitrogen and oxygen atoms in total. The Bertz CT molecular complexity index is 3690. The highest BCUT2D eigenvalue weighted by molar-refractivity contribution is 6.23. The smallest absolute Gasteiger partial charge is 0.115 e. The van der Waals surface area contributed by atoms with E-state index in [0.29, 0.717) is 17.6 Å². The lowest BCUT2D eigenvalue weighted by atomic mass is 9.78. The van der Waals surface area contributed by atoms with Crippen molar-refractivity contribution in [2.75, 3.05) is 9.80 Å². The van der Waals surface area contributed by atoms with E-state index < -0.39 is 0 Å². The number of nitrogens with zero attached hydrogens (tertiary/aromatic N) is 2. The van der Waals surface area contributed by atoms with Gasteiger partial charge in [-0.05, 0) is 130 Å². The summed E-state index contributed by atoms with van der Waals surface area (Å²) < 4.78 is 0. The Hall–Kier alpha value is -8.66. The van der Waals surface area contributed by atoms with E-state index in [1.165, 1.54) is 44.5 Å². The molecule has 0 aliphatic carbocycles. The number of hydrogen-bond donors (Lipinski definition) is 1. The Morgan fingerprint density at radius 1 is 0.325 bits per heavy atom. The van der Waals surface area contributed by atoms with E-state index in [9.17, 15) is 5.11 Å². The van der Waals surface area contributed by atoms with Crippen LogP contribution >= 0.6 is 0 Å². The van der Waals surface area contributed by atoms with Gasteiger partial charge >= 0.3 is 0 Å². The highest BCUT2D eigenvalue weighted by Crippen LogP contribution is 2.52. The van der Waals surface area contributed by atoms with Gasteiger partial charge in [-0.1, -0.05) is 256 Å². The van der Waals surface area contributed by atoms with Crippen LogP contribution < -0.4 is 9.80 Å². The molecular weight excluding hydrogens is 969 g/mol.